The number of carbonyl (C=O) groups is 2. The Morgan fingerprint density at radius 2 is 2.20 bits per heavy atom. The highest BCUT2D eigenvalue weighted by Gasteiger charge is 2.43. The van der Waals surface area contributed by atoms with Gasteiger partial charge in [-0.05, 0) is 26.2 Å². The van der Waals surface area contributed by atoms with Crippen LogP contribution in [0.1, 0.15) is 32.6 Å². The Morgan fingerprint density at radius 1 is 1.53 bits per heavy atom. The van der Waals surface area contributed by atoms with Crippen molar-refractivity contribution < 1.29 is 14.7 Å². The zero-order valence-corrected chi connectivity index (χ0v) is 8.82. The molecule has 1 aliphatic heterocycles. The first kappa shape index (κ1) is 11.6. The van der Waals surface area contributed by atoms with E-state index in [4.69, 9.17) is 11.5 Å². The molecule has 1 rings (SSSR count). The highest BCUT2D eigenvalue weighted by Crippen LogP contribution is 2.28. The van der Waals surface area contributed by atoms with Gasteiger partial charge in [-0.3, -0.25) is 4.79 Å². The fraction of sp³-hybridized carbons (Fsp3) is 0.636. The largest absolute Gasteiger partial charge is 0.480 e. The van der Waals surface area contributed by atoms with Gasteiger partial charge in [0.05, 0.1) is 6.42 Å². The van der Waals surface area contributed by atoms with E-state index < -0.39 is 11.5 Å². The molecule has 4 heteroatoms. The molecule has 1 aliphatic rings. The highest BCUT2D eigenvalue weighted by molar-refractivity contribution is 5.87. The molecule has 1 unspecified atom stereocenters. The molecule has 15 heavy (non-hydrogen) atoms. The minimum atomic E-state index is -1.08. The zero-order valence-electron chi connectivity index (χ0n) is 8.82. The average Bonchev–Trinajstić information content (AvgIpc) is 2.18. The van der Waals surface area contributed by atoms with Gasteiger partial charge in [-0.15, -0.1) is 6.42 Å². The Labute approximate surface area is 89.3 Å². The van der Waals surface area contributed by atoms with Crippen LogP contribution in [0.3, 0.4) is 0 Å². The minimum absolute atomic E-state index is 0.0249. The fourth-order valence-electron chi connectivity index (χ4n) is 1.93. The van der Waals surface area contributed by atoms with E-state index in [1.165, 1.54) is 4.90 Å². The molecule has 4 nitrogen and oxygen atoms in total. The molecule has 1 heterocycles. The van der Waals surface area contributed by atoms with Crippen molar-refractivity contribution in [3.05, 3.63) is 0 Å². The number of piperidine rings is 1. The topological polar surface area (TPSA) is 57.6 Å². The second-order valence-corrected chi connectivity index (χ2v) is 3.96. The van der Waals surface area contributed by atoms with E-state index in [0.29, 0.717) is 13.0 Å². The van der Waals surface area contributed by atoms with Gasteiger partial charge in [0.1, 0.15) is 5.54 Å². The molecule has 1 atom stereocenters. The van der Waals surface area contributed by atoms with Crippen LogP contribution in [-0.2, 0) is 9.59 Å². The summed E-state index contributed by atoms with van der Waals surface area (Å²) in [4.78, 5) is 24.2. The minimum Gasteiger partial charge on any atom is -0.480 e. The third-order valence-electron chi connectivity index (χ3n) is 2.91. The summed E-state index contributed by atoms with van der Waals surface area (Å²) in [7, 11) is 0. The lowest BCUT2D eigenvalue weighted by molar-refractivity contribution is -0.160. The molecule has 0 bridgehead atoms. The van der Waals surface area contributed by atoms with Crippen LogP contribution in [0.2, 0.25) is 0 Å². The maximum atomic E-state index is 11.6. The lowest BCUT2D eigenvalue weighted by Gasteiger charge is -2.41. The third-order valence-corrected chi connectivity index (χ3v) is 2.91. The Kier molecular flexibility index (Phi) is 3.35. The van der Waals surface area contributed by atoms with Gasteiger partial charge >= 0.3 is 5.97 Å². The summed E-state index contributed by atoms with van der Waals surface area (Å²) in [6.07, 6.45) is 7.21. The molecular weight excluding hydrogens is 194 g/mol. The van der Waals surface area contributed by atoms with Crippen LogP contribution in [0.25, 0.3) is 0 Å². The molecule has 0 aliphatic carbocycles. The normalized spacial score (nSPS) is 25.7. The van der Waals surface area contributed by atoms with Gasteiger partial charge in [0, 0.05) is 6.54 Å². The lowest BCUT2D eigenvalue weighted by Crippen LogP contribution is -2.57. The fourth-order valence-corrected chi connectivity index (χ4v) is 1.93. The number of terminal acetylenes is 1. The van der Waals surface area contributed by atoms with Crippen molar-refractivity contribution in [3.63, 3.8) is 0 Å². The second kappa shape index (κ2) is 4.35. The smallest absolute Gasteiger partial charge is 0.329 e. The maximum Gasteiger partial charge on any atom is 0.329 e. The number of aliphatic carboxylic acids is 1. The summed E-state index contributed by atoms with van der Waals surface area (Å²) in [6, 6.07) is 0. The van der Waals surface area contributed by atoms with Gasteiger partial charge in [-0.1, -0.05) is 5.92 Å². The molecule has 1 saturated heterocycles. The van der Waals surface area contributed by atoms with Crippen LogP contribution < -0.4 is 0 Å². The number of carbonyl (C=O) groups excluding carboxylic acids is 1. The SMILES string of the molecule is C#CCC(=O)N1CCCCC1(C)C(=O)O. The Hall–Kier alpha value is -1.50. The Morgan fingerprint density at radius 3 is 2.73 bits per heavy atom. The van der Waals surface area contributed by atoms with Crippen molar-refractivity contribution in [2.45, 2.75) is 38.1 Å². The zero-order chi connectivity index (χ0) is 11.5. The van der Waals surface area contributed by atoms with Crippen molar-refractivity contribution in [3.8, 4) is 12.3 Å². The van der Waals surface area contributed by atoms with Crippen LogP contribution in [0.4, 0.5) is 0 Å². The van der Waals surface area contributed by atoms with Gasteiger partial charge in [-0.2, -0.15) is 0 Å². The van der Waals surface area contributed by atoms with Gasteiger partial charge in [-0.25, -0.2) is 4.79 Å². The predicted octanol–water partition coefficient (Wildman–Crippen LogP) is 0.865. The van der Waals surface area contributed by atoms with E-state index >= 15 is 0 Å². The van der Waals surface area contributed by atoms with Crippen molar-refractivity contribution in [1.29, 1.82) is 0 Å². The van der Waals surface area contributed by atoms with Crippen molar-refractivity contribution in [2.24, 2.45) is 0 Å². The van der Waals surface area contributed by atoms with Crippen molar-refractivity contribution in [1.82, 2.24) is 4.90 Å². The van der Waals surface area contributed by atoms with E-state index in [1.807, 2.05) is 0 Å². The number of hydrogen-bond donors (Lipinski definition) is 1. The second-order valence-electron chi connectivity index (χ2n) is 3.96. The quantitative estimate of drug-likeness (QED) is 0.686. The summed E-state index contributed by atoms with van der Waals surface area (Å²) in [5.74, 6) is 1.04. The van der Waals surface area contributed by atoms with E-state index in [0.717, 1.165) is 12.8 Å². The molecule has 1 fully saturated rings. The molecule has 0 radical (unpaired) electrons. The first-order chi connectivity index (χ1) is 7.02. The predicted molar refractivity (Wildman–Crippen MR) is 55.1 cm³/mol. The number of hydrogen-bond acceptors (Lipinski definition) is 2. The highest BCUT2D eigenvalue weighted by atomic mass is 16.4. The summed E-state index contributed by atoms with van der Waals surface area (Å²) in [5.41, 5.74) is -1.08. The van der Waals surface area contributed by atoms with Crippen LogP contribution in [0.15, 0.2) is 0 Å². The van der Waals surface area contributed by atoms with E-state index in [1.54, 1.807) is 6.92 Å². The van der Waals surface area contributed by atoms with Gasteiger partial charge < -0.3 is 10.0 Å². The summed E-state index contributed by atoms with van der Waals surface area (Å²) in [6.45, 7) is 2.08. The molecular formula is C11H15NO3. The number of likely N-dealkylation sites (tertiary alicyclic amines) is 1. The first-order valence-electron chi connectivity index (χ1n) is 4.99. The van der Waals surface area contributed by atoms with E-state index in [-0.39, 0.29) is 12.3 Å². The molecule has 1 N–H and O–H groups in total. The van der Waals surface area contributed by atoms with Gasteiger partial charge in [0.25, 0.3) is 0 Å². The van der Waals surface area contributed by atoms with Gasteiger partial charge in [0.15, 0.2) is 0 Å². The number of rotatable bonds is 2. The van der Waals surface area contributed by atoms with E-state index in [2.05, 4.69) is 5.92 Å². The summed E-state index contributed by atoms with van der Waals surface area (Å²) >= 11 is 0. The van der Waals surface area contributed by atoms with Crippen molar-refractivity contribution >= 4 is 11.9 Å². The number of carboxylic acid groups (broad SMARTS) is 1. The lowest BCUT2D eigenvalue weighted by atomic mass is 9.88. The Balaban J connectivity index is 2.88. The molecule has 0 saturated carbocycles. The molecule has 0 aromatic rings. The van der Waals surface area contributed by atoms with Crippen LogP contribution in [0, 0.1) is 12.3 Å². The number of amides is 1. The van der Waals surface area contributed by atoms with Crippen LogP contribution in [0.5, 0.6) is 0 Å². The maximum absolute atomic E-state index is 11.6. The molecule has 82 valence electrons. The monoisotopic (exact) mass is 209 g/mol. The molecule has 0 aromatic carbocycles. The van der Waals surface area contributed by atoms with E-state index in [9.17, 15) is 9.59 Å². The Bertz CT molecular complexity index is 318. The van der Waals surface area contributed by atoms with Gasteiger partial charge in [0.2, 0.25) is 5.91 Å². The molecule has 1 amide bonds. The molecule has 0 aromatic heterocycles. The number of nitrogens with zero attached hydrogens (tertiary/aromatic N) is 1. The summed E-state index contributed by atoms with van der Waals surface area (Å²) in [5, 5.41) is 9.14. The van der Waals surface area contributed by atoms with Crippen molar-refractivity contribution in [2.75, 3.05) is 6.54 Å². The summed E-state index contributed by atoms with van der Waals surface area (Å²) < 4.78 is 0. The number of carboxylic acids is 1. The average molecular weight is 209 g/mol. The van der Waals surface area contributed by atoms with Crippen LogP contribution in [-0.4, -0.2) is 34.0 Å². The van der Waals surface area contributed by atoms with Crippen LogP contribution >= 0.6 is 0 Å². The standard InChI is InChI=1S/C11H15NO3/c1-3-6-9(13)12-8-5-4-7-11(12,2)10(14)15/h1H,4-8H2,2H3,(H,14,15). The first-order valence-corrected chi connectivity index (χ1v) is 4.99. The molecule has 0 spiro atoms. The third kappa shape index (κ3) is 2.12.